The van der Waals surface area contributed by atoms with Crippen molar-refractivity contribution in [2.75, 3.05) is 19.0 Å². The molecule has 4 nitrogen and oxygen atoms in total. The SMILES string of the molecule is C[C@H](NC(=O)[C@H]1C[C@@H]1c1ccccc1)c1ccc(N(C)C)nc1. The molecule has 23 heavy (non-hydrogen) atoms. The number of rotatable bonds is 5. The van der Waals surface area contributed by atoms with Gasteiger partial charge in [0.2, 0.25) is 5.91 Å². The van der Waals surface area contributed by atoms with Gasteiger partial charge < -0.3 is 10.2 Å². The minimum Gasteiger partial charge on any atom is -0.363 e. The average molecular weight is 309 g/mol. The highest BCUT2D eigenvalue weighted by Crippen LogP contribution is 2.47. The van der Waals surface area contributed by atoms with Crippen LogP contribution < -0.4 is 10.2 Å². The number of nitrogens with one attached hydrogen (secondary N) is 1. The molecule has 1 saturated carbocycles. The molecule has 1 aromatic carbocycles. The third-order valence-electron chi connectivity index (χ3n) is 4.44. The number of pyridine rings is 1. The first-order chi connectivity index (χ1) is 11.1. The fourth-order valence-electron chi connectivity index (χ4n) is 2.88. The molecule has 3 rings (SSSR count). The van der Waals surface area contributed by atoms with Crippen LogP contribution in [0.5, 0.6) is 0 Å². The molecule has 0 aliphatic heterocycles. The number of benzene rings is 1. The van der Waals surface area contributed by atoms with E-state index in [1.807, 2.05) is 62.4 Å². The van der Waals surface area contributed by atoms with Gasteiger partial charge in [-0.25, -0.2) is 4.98 Å². The summed E-state index contributed by atoms with van der Waals surface area (Å²) in [6.45, 7) is 2.00. The summed E-state index contributed by atoms with van der Waals surface area (Å²) in [5.74, 6) is 1.54. The van der Waals surface area contributed by atoms with Crippen molar-refractivity contribution in [2.45, 2.75) is 25.3 Å². The molecule has 1 aliphatic rings. The Morgan fingerprint density at radius 2 is 1.96 bits per heavy atom. The first-order valence-electron chi connectivity index (χ1n) is 8.05. The molecule has 0 saturated heterocycles. The molecule has 2 aromatic rings. The van der Waals surface area contributed by atoms with Gasteiger partial charge in [-0.15, -0.1) is 0 Å². The number of nitrogens with zero attached hydrogens (tertiary/aromatic N) is 2. The van der Waals surface area contributed by atoms with Crippen LogP contribution in [0.2, 0.25) is 0 Å². The largest absolute Gasteiger partial charge is 0.363 e. The van der Waals surface area contributed by atoms with Gasteiger partial charge in [0.15, 0.2) is 0 Å². The fraction of sp³-hybridized carbons (Fsp3) is 0.368. The molecule has 1 amide bonds. The van der Waals surface area contributed by atoms with E-state index in [-0.39, 0.29) is 17.9 Å². The van der Waals surface area contributed by atoms with Gasteiger partial charge in [0.1, 0.15) is 5.82 Å². The van der Waals surface area contributed by atoms with Gasteiger partial charge in [0, 0.05) is 26.2 Å². The highest BCUT2D eigenvalue weighted by atomic mass is 16.2. The van der Waals surface area contributed by atoms with E-state index >= 15 is 0 Å². The molecule has 1 fully saturated rings. The second-order valence-corrected chi connectivity index (χ2v) is 6.43. The van der Waals surface area contributed by atoms with Crippen molar-refractivity contribution in [3.05, 3.63) is 59.8 Å². The van der Waals surface area contributed by atoms with E-state index in [2.05, 4.69) is 22.4 Å². The Balaban J connectivity index is 1.58. The van der Waals surface area contributed by atoms with Gasteiger partial charge >= 0.3 is 0 Å². The van der Waals surface area contributed by atoms with Crippen LogP contribution in [0.4, 0.5) is 5.82 Å². The van der Waals surface area contributed by atoms with E-state index < -0.39 is 0 Å². The smallest absolute Gasteiger partial charge is 0.224 e. The first kappa shape index (κ1) is 15.5. The Hall–Kier alpha value is -2.36. The maximum absolute atomic E-state index is 12.4. The number of anilines is 1. The third kappa shape index (κ3) is 3.52. The highest BCUT2D eigenvalue weighted by molar-refractivity contribution is 5.83. The fourth-order valence-corrected chi connectivity index (χ4v) is 2.88. The van der Waals surface area contributed by atoms with Crippen LogP contribution in [0.15, 0.2) is 48.7 Å². The van der Waals surface area contributed by atoms with Crippen LogP contribution in [0.25, 0.3) is 0 Å². The Labute approximate surface area is 137 Å². The summed E-state index contributed by atoms with van der Waals surface area (Å²) in [4.78, 5) is 18.8. The van der Waals surface area contributed by atoms with E-state index in [1.54, 1.807) is 0 Å². The normalized spacial score (nSPS) is 20.7. The molecule has 1 N–H and O–H groups in total. The third-order valence-corrected chi connectivity index (χ3v) is 4.44. The van der Waals surface area contributed by atoms with Gasteiger partial charge in [0.25, 0.3) is 0 Å². The standard InChI is InChI=1S/C19H23N3O/c1-13(15-9-10-18(20-12-15)22(2)3)21-19(23)17-11-16(17)14-7-5-4-6-8-14/h4-10,12-13,16-17H,11H2,1-3H3,(H,21,23)/t13-,16+,17-/m0/s1. The number of amides is 1. The van der Waals surface area contributed by atoms with Gasteiger partial charge in [0.05, 0.1) is 6.04 Å². The number of hydrogen-bond acceptors (Lipinski definition) is 3. The maximum Gasteiger partial charge on any atom is 0.224 e. The molecule has 3 atom stereocenters. The van der Waals surface area contributed by atoms with Crippen molar-refractivity contribution in [1.29, 1.82) is 0 Å². The zero-order valence-corrected chi connectivity index (χ0v) is 13.9. The average Bonchev–Trinajstić information content (AvgIpc) is 3.36. The second kappa shape index (κ2) is 6.41. The minimum absolute atomic E-state index is 0.0248. The van der Waals surface area contributed by atoms with Crippen LogP contribution in [-0.4, -0.2) is 25.0 Å². The summed E-state index contributed by atoms with van der Waals surface area (Å²) in [7, 11) is 3.92. The predicted octanol–water partition coefficient (Wildman–Crippen LogP) is 3.13. The number of hydrogen-bond donors (Lipinski definition) is 1. The Morgan fingerprint density at radius 1 is 1.22 bits per heavy atom. The van der Waals surface area contributed by atoms with E-state index in [9.17, 15) is 4.79 Å². The maximum atomic E-state index is 12.4. The topological polar surface area (TPSA) is 45.2 Å². The van der Waals surface area contributed by atoms with Gasteiger partial charge in [-0.2, -0.15) is 0 Å². The van der Waals surface area contributed by atoms with Crippen LogP contribution in [0, 0.1) is 5.92 Å². The molecular weight excluding hydrogens is 286 g/mol. The Bertz CT molecular complexity index is 667. The van der Waals surface area contributed by atoms with Gasteiger partial charge in [-0.1, -0.05) is 36.4 Å². The molecule has 120 valence electrons. The van der Waals surface area contributed by atoms with Gasteiger partial charge in [-0.05, 0) is 36.5 Å². The quantitative estimate of drug-likeness (QED) is 0.923. The lowest BCUT2D eigenvalue weighted by Crippen LogP contribution is -2.28. The van der Waals surface area contributed by atoms with Crippen molar-refractivity contribution in [3.63, 3.8) is 0 Å². The van der Waals surface area contributed by atoms with Crippen molar-refractivity contribution in [2.24, 2.45) is 5.92 Å². The Kier molecular flexibility index (Phi) is 4.33. The molecule has 0 radical (unpaired) electrons. The lowest BCUT2D eigenvalue weighted by molar-refractivity contribution is -0.123. The van der Waals surface area contributed by atoms with E-state index in [0.717, 1.165) is 17.8 Å². The molecular formula is C19H23N3O. The van der Waals surface area contributed by atoms with E-state index in [1.165, 1.54) is 5.56 Å². The molecule has 1 aromatic heterocycles. The lowest BCUT2D eigenvalue weighted by atomic mass is 10.1. The van der Waals surface area contributed by atoms with Crippen molar-refractivity contribution in [3.8, 4) is 0 Å². The van der Waals surface area contributed by atoms with Crippen LogP contribution in [0.1, 0.15) is 36.4 Å². The molecule has 0 spiro atoms. The van der Waals surface area contributed by atoms with Crippen molar-refractivity contribution in [1.82, 2.24) is 10.3 Å². The molecule has 4 heteroatoms. The molecule has 0 bridgehead atoms. The van der Waals surface area contributed by atoms with Crippen LogP contribution in [-0.2, 0) is 4.79 Å². The molecule has 0 unspecified atom stereocenters. The molecule has 1 aliphatic carbocycles. The first-order valence-corrected chi connectivity index (χ1v) is 8.05. The molecule has 1 heterocycles. The minimum atomic E-state index is -0.0248. The van der Waals surface area contributed by atoms with Crippen LogP contribution in [0.3, 0.4) is 0 Å². The summed E-state index contributed by atoms with van der Waals surface area (Å²) in [5.41, 5.74) is 2.29. The zero-order valence-electron chi connectivity index (χ0n) is 13.9. The van der Waals surface area contributed by atoms with E-state index in [0.29, 0.717) is 5.92 Å². The predicted molar refractivity (Wildman–Crippen MR) is 92.4 cm³/mol. The summed E-state index contributed by atoms with van der Waals surface area (Å²) in [6.07, 6.45) is 2.78. The van der Waals surface area contributed by atoms with Crippen molar-refractivity contribution >= 4 is 11.7 Å². The zero-order chi connectivity index (χ0) is 16.4. The summed E-state index contributed by atoms with van der Waals surface area (Å²) in [5, 5.41) is 3.11. The number of carbonyl (C=O) groups is 1. The van der Waals surface area contributed by atoms with Crippen LogP contribution >= 0.6 is 0 Å². The summed E-state index contributed by atoms with van der Waals surface area (Å²) in [6, 6.07) is 14.2. The number of carbonyl (C=O) groups excluding carboxylic acids is 1. The van der Waals surface area contributed by atoms with E-state index in [4.69, 9.17) is 0 Å². The highest BCUT2D eigenvalue weighted by Gasteiger charge is 2.44. The Morgan fingerprint density at radius 3 is 2.57 bits per heavy atom. The number of aromatic nitrogens is 1. The van der Waals surface area contributed by atoms with Crippen molar-refractivity contribution < 1.29 is 4.79 Å². The second-order valence-electron chi connectivity index (χ2n) is 6.43. The monoisotopic (exact) mass is 309 g/mol. The lowest BCUT2D eigenvalue weighted by Gasteiger charge is -2.16. The van der Waals surface area contributed by atoms with Gasteiger partial charge in [-0.3, -0.25) is 4.79 Å². The summed E-state index contributed by atoms with van der Waals surface area (Å²) >= 11 is 0. The summed E-state index contributed by atoms with van der Waals surface area (Å²) < 4.78 is 0.